The lowest BCUT2D eigenvalue weighted by Crippen LogP contribution is -2.35. The smallest absolute Gasteiger partial charge is 0.319 e. The summed E-state index contributed by atoms with van der Waals surface area (Å²) in [6.45, 7) is 6.14. The second-order valence-electron chi connectivity index (χ2n) is 3.96. The van der Waals surface area contributed by atoms with E-state index in [0.717, 1.165) is 18.5 Å². The molecule has 0 aromatic heterocycles. The highest BCUT2D eigenvalue weighted by Crippen LogP contribution is 2.09. The van der Waals surface area contributed by atoms with E-state index in [2.05, 4.69) is 17.6 Å². The zero-order chi connectivity index (χ0) is 12.0. The Hall–Kier alpha value is -1.51. The van der Waals surface area contributed by atoms with Crippen LogP contribution in [0.2, 0.25) is 0 Å². The molecule has 0 saturated heterocycles. The molecule has 0 aliphatic carbocycles. The molecule has 1 aromatic carbocycles. The quantitative estimate of drug-likeness (QED) is 0.804. The van der Waals surface area contributed by atoms with Crippen LogP contribution in [0.4, 0.5) is 10.5 Å². The van der Waals surface area contributed by atoms with Gasteiger partial charge in [-0.25, -0.2) is 4.79 Å². The van der Waals surface area contributed by atoms with Crippen LogP contribution in [0.5, 0.6) is 0 Å². The van der Waals surface area contributed by atoms with Crippen LogP contribution < -0.4 is 10.6 Å². The van der Waals surface area contributed by atoms with Crippen LogP contribution in [0, 0.1) is 0 Å². The van der Waals surface area contributed by atoms with Gasteiger partial charge in [0.1, 0.15) is 0 Å². The molecule has 3 nitrogen and oxygen atoms in total. The molecule has 1 aromatic rings. The van der Waals surface area contributed by atoms with Crippen molar-refractivity contribution in [1.82, 2.24) is 5.32 Å². The Morgan fingerprint density at radius 2 is 1.88 bits per heavy atom. The van der Waals surface area contributed by atoms with Crippen LogP contribution in [-0.2, 0) is 6.42 Å². The van der Waals surface area contributed by atoms with E-state index in [1.165, 1.54) is 5.56 Å². The van der Waals surface area contributed by atoms with Crippen molar-refractivity contribution >= 4 is 11.7 Å². The summed E-state index contributed by atoms with van der Waals surface area (Å²) in [4.78, 5) is 11.5. The Morgan fingerprint density at radius 1 is 1.25 bits per heavy atom. The third kappa shape index (κ3) is 3.93. The van der Waals surface area contributed by atoms with E-state index >= 15 is 0 Å². The van der Waals surface area contributed by atoms with Crippen LogP contribution in [0.3, 0.4) is 0 Å². The molecule has 2 amide bonds. The minimum absolute atomic E-state index is 0.140. The first-order chi connectivity index (χ1) is 7.65. The van der Waals surface area contributed by atoms with E-state index < -0.39 is 0 Å². The van der Waals surface area contributed by atoms with Crippen LogP contribution in [-0.4, -0.2) is 12.1 Å². The van der Waals surface area contributed by atoms with Crippen molar-refractivity contribution in [3.63, 3.8) is 0 Å². The van der Waals surface area contributed by atoms with Gasteiger partial charge in [-0.3, -0.25) is 0 Å². The van der Waals surface area contributed by atoms with E-state index in [9.17, 15) is 4.79 Å². The largest absolute Gasteiger partial charge is 0.335 e. The molecule has 16 heavy (non-hydrogen) atoms. The molecule has 88 valence electrons. The summed E-state index contributed by atoms with van der Waals surface area (Å²) in [5.41, 5.74) is 2.10. The molecule has 0 fully saturated rings. The van der Waals surface area contributed by atoms with Gasteiger partial charge in [0.25, 0.3) is 0 Å². The Balaban J connectivity index is 2.49. The van der Waals surface area contributed by atoms with Gasteiger partial charge in [0, 0.05) is 11.7 Å². The van der Waals surface area contributed by atoms with Gasteiger partial charge in [-0.2, -0.15) is 0 Å². The van der Waals surface area contributed by atoms with Gasteiger partial charge in [0.05, 0.1) is 0 Å². The van der Waals surface area contributed by atoms with Crippen molar-refractivity contribution in [2.24, 2.45) is 0 Å². The summed E-state index contributed by atoms with van der Waals surface area (Å²) in [6, 6.07) is 7.97. The minimum atomic E-state index is -0.140. The summed E-state index contributed by atoms with van der Waals surface area (Å²) in [5, 5.41) is 5.66. The molecule has 1 atom stereocenters. The number of hydrogen-bond acceptors (Lipinski definition) is 1. The second kappa shape index (κ2) is 6.16. The van der Waals surface area contributed by atoms with E-state index in [1.54, 1.807) is 0 Å². The minimum Gasteiger partial charge on any atom is -0.335 e. The molecule has 3 heteroatoms. The van der Waals surface area contributed by atoms with E-state index in [4.69, 9.17) is 0 Å². The Bertz CT molecular complexity index is 332. The zero-order valence-corrected chi connectivity index (χ0v) is 10.2. The van der Waals surface area contributed by atoms with Gasteiger partial charge < -0.3 is 10.6 Å². The van der Waals surface area contributed by atoms with E-state index in [-0.39, 0.29) is 12.1 Å². The Morgan fingerprint density at radius 3 is 2.38 bits per heavy atom. The maximum Gasteiger partial charge on any atom is 0.319 e. The predicted molar refractivity (Wildman–Crippen MR) is 67.7 cm³/mol. The molecule has 1 rings (SSSR count). The highest BCUT2D eigenvalue weighted by molar-refractivity contribution is 5.89. The third-order valence-electron chi connectivity index (χ3n) is 2.61. The maximum atomic E-state index is 11.5. The van der Waals surface area contributed by atoms with Crippen molar-refractivity contribution in [2.75, 3.05) is 5.32 Å². The average Bonchev–Trinajstić information content (AvgIpc) is 2.29. The number of carbonyl (C=O) groups excluding carboxylic acids is 1. The molecule has 0 aliphatic heterocycles. The lowest BCUT2D eigenvalue weighted by Gasteiger charge is -2.12. The van der Waals surface area contributed by atoms with Crippen LogP contribution >= 0.6 is 0 Å². The molecule has 2 N–H and O–H groups in total. The zero-order valence-electron chi connectivity index (χ0n) is 10.2. The third-order valence-corrected chi connectivity index (χ3v) is 2.61. The van der Waals surface area contributed by atoms with Gasteiger partial charge in [-0.1, -0.05) is 26.0 Å². The lowest BCUT2D eigenvalue weighted by molar-refractivity contribution is 0.249. The number of carbonyl (C=O) groups is 1. The van der Waals surface area contributed by atoms with Gasteiger partial charge >= 0.3 is 6.03 Å². The highest BCUT2D eigenvalue weighted by Gasteiger charge is 2.04. The molecule has 1 unspecified atom stereocenters. The van der Waals surface area contributed by atoms with Gasteiger partial charge in [-0.05, 0) is 37.5 Å². The maximum absolute atomic E-state index is 11.5. The molecule has 0 aliphatic rings. The van der Waals surface area contributed by atoms with Crippen LogP contribution in [0.15, 0.2) is 24.3 Å². The normalized spacial score (nSPS) is 11.9. The fraction of sp³-hybridized carbons (Fsp3) is 0.462. The monoisotopic (exact) mass is 220 g/mol. The molecule has 0 heterocycles. The predicted octanol–water partition coefficient (Wildman–Crippen LogP) is 3.17. The van der Waals surface area contributed by atoms with Crippen molar-refractivity contribution in [1.29, 1.82) is 0 Å². The summed E-state index contributed by atoms with van der Waals surface area (Å²) in [5.74, 6) is 0. The number of rotatable bonds is 4. The van der Waals surface area contributed by atoms with E-state index in [0.29, 0.717) is 0 Å². The molecular weight excluding hydrogens is 200 g/mol. The van der Waals surface area contributed by atoms with Crippen LogP contribution in [0.1, 0.15) is 32.8 Å². The second-order valence-corrected chi connectivity index (χ2v) is 3.96. The average molecular weight is 220 g/mol. The van der Waals surface area contributed by atoms with E-state index in [1.807, 2.05) is 38.1 Å². The standard InChI is InChI=1S/C13H20N2O/c1-4-10(3)14-13(16)15-12-8-6-11(5-2)7-9-12/h6-10H,4-5H2,1-3H3,(H2,14,15,16). The lowest BCUT2D eigenvalue weighted by atomic mass is 10.1. The SMILES string of the molecule is CCc1ccc(NC(=O)NC(C)CC)cc1. The Labute approximate surface area is 97.2 Å². The summed E-state index contributed by atoms with van der Waals surface area (Å²) >= 11 is 0. The van der Waals surface area contributed by atoms with Gasteiger partial charge in [0.15, 0.2) is 0 Å². The molecule has 0 spiro atoms. The van der Waals surface area contributed by atoms with Gasteiger partial charge in [0.2, 0.25) is 0 Å². The van der Waals surface area contributed by atoms with Gasteiger partial charge in [-0.15, -0.1) is 0 Å². The fourth-order valence-corrected chi connectivity index (χ4v) is 1.32. The first-order valence-electron chi connectivity index (χ1n) is 5.82. The number of nitrogens with one attached hydrogen (secondary N) is 2. The number of urea groups is 1. The van der Waals surface area contributed by atoms with Crippen molar-refractivity contribution in [3.05, 3.63) is 29.8 Å². The Kier molecular flexibility index (Phi) is 4.83. The molecule has 0 radical (unpaired) electrons. The summed E-state index contributed by atoms with van der Waals surface area (Å²) in [7, 11) is 0. The summed E-state index contributed by atoms with van der Waals surface area (Å²) in [6.07, 6.45) is 1.95. The number of benzene rings is 1. The number of anilines is 1. The fourth-order valence-electron chi connectivity index (χ4n) is 1.32. The topological polar surface area (TPSA) is 41.1 Å². The molecule has 0 saturated carbocycles. The number of hydrogen-bond donors (Lipinski definition) is 2. The first-order valence-corrected chi connectivity index (χ1v) is 5.82. The highest BCUT2D eigenvalue weighted by atomic mass is 16.2. The number of amides is 2. The van der Waals surface area contributed by atoms with Crippen LogP contribution in [0.25, 0.3) is 0 Å². The molecular formula is C13H20N2O. The molecule has 0 bridgehead atoms. The summed E-state index contributed by atoms with van der Waals surface area (Å²) < 4.78 is 0. The van der Waals surface area contributed by atoms with Crippen molar-refractivity contribution in [3.8, 4) is 0 Å². The number of aryl methyl sites for hydroxylation is 1. The van der Waals surface area contributed by atoms with Crippen molar-refractivity contribution < 1.29 is 4.79 Å². The van der Waals surface area contributed by atoms with Crippen molar-refractivity contribution in [2.45, 2.75) is 39.7 Å². The first kappa shape index (κ1) is 12.6.